The number of anilines is 1. The van der Waals surface area contributed by atoms with Crippen molar-refractivity contribution in [2.45, 2.75) is 59.7 Å². The number of carbonyl (C=O) groups is 1. The number of hydrogen-bond acceptors (Lipinski definition) is 4. The monoisotopic (exact) mass is 533 g/mol. The predicted molar refractivity (Wildman–Crippen MR) is 147 cm³/mol. The molecule has 0 saturated heterocycles. The summed E-state index contributed by atoms with van der Waals surface area (Å²) in [6.45, 7) is 8.99. The van der Waals surface area contributed by atoms with Crippen LogP contribution in [0.2, 0.25) is 0 Å². The number of aryl methyl sites for hydroxylation is 3. The van der Waals surface area contributed by atoms with Crippen LogP contribution in [-0.2, 0) is 38.9 Å². The number of hydrogen-bond donors (Lipinski definition) is 2. The lowest BCUT2D eigenvalue weighted by atomic mass is 9.98. The Bertz CT molecular complexity index is 1500. The molecule has 0 radical (unpaired) electrons. The van der Waals surface area contributed by atoms with Gasteiger partial charge in [0.25, 0.3) is 0 Å². The lowest BCUT2D eigenvalue weighted by molar-refractivity contribution is 0.245. The van der Waals surface area contributed by atoms with Crippen LogP contribution in [0.4, 0.5) is 19.3 Å². The van der Waals surface area contributed by atoms with Crippen LogP contribution in [0.3, 0.4) is 0 Å². The minimum atomic E-state index is -0.963. The standard InChI is InChI=1S/C29H33F2N7O/c1-4-19-8-7-9-20(5-2)27(19)38-28(21-12-24(31)26(13-23(21)30)34-29(32)39)22-17-36(11-10-25(22)35-38)15-18-14-33-37(6-3)16-18/h7-9,12-14,16H,4-6,10-11,15,17H2,1-3H3,(H3,32,34,39). The van der Waals surface area contributed by atoms with Crippen molar-refractivity contribution in [3.05, 3.63) is 82.3 Å². The molecule has 1 aliphatic heterocycles. The van der Waals surface area contributed by atoms with E-state index in [-0.39, 0.29) is 11.3 Å². The fourth-order valence-corrected chi connectivity index (χ4v) is 5.37. The van der Waals surface area contributed by atoms with Gasteiger partial charge >= 0.3 is 6.03 Å². The SMILES string of the molecule is CCc1cccc(CC)c1-n1nc2c(c1-c1cc(F)c(NC(N)=O)cc1F)CN(Cc1cnn(CC)c1)CC2. The summed E-state index contributed by atoms with van der Waals surface area (Å²) in [4.78, 5) is 13.6. The first-order valence-electron chi connectivity index (χ1n) is 13.3. The number of nitrogens with two attached hydrogens (primary N) is 1. The Morgan fingerprint density at radius 1 is 1.10 bits per heavy atom. The third-order valence-electron chi connectivity index (χ3n) is 7.28. The number of aromatic nitrogens is 4. The molecule has 1 aliphatic rings. The number of urea groups is 1. The molecular weight excluding hydrogens is 500 g/mol. The molecule has 0 aliphatic carbocycles. The van der Waals surface area contributed by atoms with Gasteiger partial charge in [0.05, 0.1) is 29.0 Å². The molecule has 2 aromatic carbocycles. The molecule has 0 saturated carbocycles. The van der Waals surface area contributed by atoms with Gasteiger partial charge in [0.1, 0.15) is 11.6 Å². The Hall–Kier alpha value is -4.05. The Morgan fingerprint density at radius 2 is 1.85 bits per heavy atom. The van der Waals surface area contributed by atoms with E-state index in [1.54, 1.807) is 4.68 Å². The quantitative estimate of drug-likeness (QED) is 0.325. The summed E-state index contributed by atoms with van der Waals surface area (Å²) in [7, 11) is 0. The van der Waals surface area contributed by atoms with E-state index in [0.717, 1.165) is 71.7 Å². The zero-order valence-electron chi connectivity index (χ0n) is 22.5. The molecule has 39 heavy (non-hydrogen) atoms. The second kappa shape index (κ2) is 11.0. The first-order chi connectivity index (χ1) is 18.8. The number of rotatable bonds is 8. The van der Waals surface area contributed by atoms with Gasteiger partial charge in [-0.25, -0.2) is 18.3 Å². The van der Waals surface area contributed by atoms with Gasteiger partial charge in [-0.3, -0.25) is 9.58 Å². The van der Waals surface area contributed by atoms with Crippen LogP contribution in [0.15, 0.2) is 42.7 Å². The largest absolute Gasteiger partial charge is 0.351 e. The maximum Gasteiger partial charge on any atom is 0.316 e. The van der Waals surface area contributed by atoms with E-state index in [2.05, 4.69) is 29.2 Å². The highest BCUT2D eigenvalue weighted by Gasteiger charge is 2.30. The third kappa shape index (κ3) is 5.16. The summed E-state index contributed by atoms with van der Waals surface area (Å²) in [5.74, 6) is -1.44. The lowest BCUT2D eigenvalue weighted by Crippen LogP contribution is -2.29. The van der Waals surface area contributed by atoms with Crippen LogP contribution < -0.4 is 11.1 Å². The van der Waals surface area contributed by atoms with E-state index in [1.807, 2.05) is 42.2 Å². The van der Waals surface area contributed by atoms with Crippen molar-refractivity contribution in [3.8, 4) is 16.9 Å². The van der Waals surface area contributed by atoms with Crippen LogP contribution in [0.5, 0.6) is 0 Å². The van der Waals surface area contributed by atoms with Gasteiger partial charge in [0, 0.05) is 61.6 Å². The summed E-state index contributed by atoms with van der Waals surface area (Å²) in [5.41, 5.74) is 11.4. The molecule has 8 nitrogen and oxygen atoms in total. The average molecular weight is 534 g/mol. The maximum atomic E-state index is 15.7. The molecule has 3 heterocycles. The van der Waals surface area contributed by atoms with E-state index in [4.69, 9.17) is 10.8 Å². The highest BCUT2D eigenvalue weighted by Crippen LogP contribution is 2.38. The molecule has 0 atom stereocenters. The Kier molecular flexibility index (Phi) is 7.47. The molecule has 0 unspecified atom stereocenters. The van der Waals surface area contributed by atoms with Crippen molar-refractivity contribution in [1.29, 1.82) is 0 Å². The van der Waals surface area contributed by atoms with Crippen molar-refractivity contribution in [2.75, 3.05) is 11.9 Å². The number of amides is 2. The Labute approximate surface area is 226 Å². The topological polar surface area (TPSA) is 94.0 Å². The van der Waals surface area contributed by atoms with E-state index in [0.29, 0.717) is 25.2 Å². The minimum Gasteiger partial charge on any atom is -0.351 e. The van der Waals surface area contributed by atoms with Gasteiger partial charge in [-0.05, 0) is 37.0 Å². The van der Waals surface area contributed by atoms with Gasteiger partial charge < -0.3 is 11.1 Å². The van der Waals surface area contributed by atoms with Gasteiger partial charge in [-0.15, -0.1) is 0 Å². The molecule has 0 spiro atoms. The lowest BCUT2D eigenvalue weighted by Gasteiger charge is -2.26. The minimum absolute atomic E-state index is 0.0879. The molecule has 0 fully saturated rings. The summed E-state index contributed by atoms with van der Waals surface area (Å²) >= 11 is 0. The molecule has 10 heteroatoms. The second-order valence-electron chi connectivity index (χ2n) is 9.78. The molecule has 0 bridgehead atoms. The molecule has 3 N–H and O–H groups in total. The van der Waals surface area contributed by atoms with Crippen LogP contribution in [0, 0.1) is 11.6 Å². The zero-order valence-corrected chi connectivity index (χ0v) is 22.5. The number of benzene rings is 2. The van der Waals surface area contributed by atoms with Crippen molar-refractivity contribution in [1.82, 2.24) is 24.5 Å². The number of halogens is 2. The number of carbonyl (C=O) groups excluding carboxylic acids is 1. The van der Waals surface area contributed by atoms with Crippen molar-refractivity contribution >= 4 is 11.7 Å². The number of nitrogens with one attached hydrogen (secondary N) is 1. The second-order valence-corrected chi connectivity index (χ2v) is 9.78. The fraction of sp³-hybridized carbons (Fsp3) is 0.345. The Balaban J connectivity index is 1.67. The van der Waals surface area contributed by atoms with Gasteiger partial charge in [-0.1, -0.05) is 32.0 Å². The average Bonchev–Trinajstić information content (AvgIpc) is 3.53. The number of fused-ring (bicyclic) bond motifs is 1. The number of nitrogens with zero attached hydrogens (tertiary/aromatic N) is 5. The molecule has 4 aromatic rings. The smallest absolute Gasteiger partial charge is 0.316 e. The van der Waals surface area contributed by atoms with Crippen molar-refractivity contribution in [3.63, 3.8) is 0 Å². The molecule has 204 valence electrons. The summed E-state index contributed by atoms with van der Waals surface area (Å²) in [6, 6.07) is 7.26. The molecule has 2 aromatic heterocycles. The fourth-order valence-electron chi connectivity index (χ4n) is 5.37. The van der Waals surface area contributed by atoms with E-state index >= 15 is 8.78 Å². The Morgan fingerprint density at radius 3 is 2.49 bits per heavy atom. The maximum absolute atomic E-state index is 15.7. The van der Waals surface area contributed by atoms with Crippen molar-refractivity contribution < 1.29 is 13.6 Å². The predicted octanol–water partition coefficient (Wildman–Crippen LogP) is 5.21. The van der Waals surface area contributed by atoms with Crippen molar-refractivity contribution in [2.24, 2.45) is 5.73 Å². The van der Waals surface area contributed by atoms with E-state index in [9.17, 15) is 4.79 Å². The normalized spacial score (nSPS) is 13.5. The summed E-state index contributed by atoms with van der Waals surface area (Å²) < 4.78 is 34.6. The van der Waals surface area contributed by atoms with Gasteiger partial charge in [0.15, 0.2) is 0 Å². The first kappa shape index (κ1) is 26.6. The van der Waals surface area contributed by atoms with Gasteiger partial charge in [0.2, 0.25) is 0 Å². The van der Waals surface area contributed by atoms with Crippen LogP contribution >= 0.6 is 0 Å². The summed E-state index contributed by atoms with van der Waals surface area (Å²) in [5, 5.41) is 11.6. The molecule has 5 rings (SSSR count). The summed E-state index contributed by atoms with van der Waals surface area (Å²) in [6.07, 6.45) is 6.11. The third-order valence-corrected chi connectivity index (χ3v) is 7.28. The van der Waals surface area contributed by atoms with E-state index < -0.39 is 17.7 Å². The van der Waals surface area contributed by atoms with Crippen LogP contribution in [0.25, 0.3) is 16.9 Å². The molecule has 2 amide bonds. The molecular formula is C29H33F2N7O. The van der Waals surface area contributed by atoms with Crippen LogP contribution in [-0.4, -0.2) is 37.0 Å². The highest BCUT2D eigenvalue weighted by atomic mass is 19.1. The van der Waals surface area contributed by atoms with Gasteiger partial charge in [-0.2, -0.15) is 10.2 Å². The van der Waals surface area contributed by atoms with E-state index in [1.165, 1.54) is 0 Å². The number of para-hydroxylation sites is 1. The van der Waals surface area contributed by atoms with Crippen LogP contribution in [0.1, 0.15) is 48.7 Å². The zero-order chi connectivity index (χ0) is 27.7. The number of primary amides is 1. The first-order valence-corrected chi connectivity index (χ1v) is 13.3. The highest BCUT2D eigenvalue weighted by molar-refractivity contribution is 5.88.